The first-order chi connectivity index (χ1) is 10.5. The predicted molar refractivity (Wildman–Crippen MR) is 85.2 cm³/mol. The van der Waals surface area contributed by atoms with E-state index in [0.717, 1.165) is 5.56 Å². The number of ether oxygens (including phenoxy) is 3. The predicted octanol–water partition coefficient (Wildman–Crippen LogP) is 2.35. The van der Waals surface area contributed by atoms with Crippen LogP contribution in [0.2, 0.25) is 0 Å². The Hall–Kier alpha value is -2.01. The first kappa shape index (κ1) is 16.4. The highest BCUT2D eigenvalue weighted by atomic mass is 16.5. The summed E-state index contributed by atoms with van der Waals surface area (Å²) in [6.45, 7) is 5.21. The molecule has 2 rings (SSSR count). The molecule has 1 saturated heterocycles. The molecule has 1 amide bonds. The normalized spacial score (nSPS) is 21.9. The highest BCUT2D eigenvalue weighted by molar-refractivity contribution is 5.92. The van der Waals surface area contributed by atoms with E-state index in [9.17, 15) is 4.79 Å². The fourth-order valence-corrected chi connectivity index (χ4v) is 2.59. The first-order valence-corrected chi connectivity index (χ1v) is 7.38. The minimum Gasteiger partial charge on any atom is -0.493 e. The molecule has 2 unspecified atom stereocenters. The second kappa shape index (κ2) is 7.31. The Labute approximate surface area is 131 Å². The van der Waals surface area contributed by atoms with E-state index < -0.39 is 0 Å². The summed E-state index contributed by atoms with van der Waals surface area (Å²) in [7, 11) is 3.19. The van der Waals surface area contributed by atoms with E-state index in [2.05, 4.69) is 0 Å². The van der Waals surface area contributed by atoms with Gasteiger partial charge in [0.2, 0.25) is 5.91 Å². The second-order valence-electron chi connectivity index (χ2n) is 5.45. The Bertz CT molecular complexity index is 546. The van der Waals surface area contributed by atoms with Crippen LogP contribution in [0.5, 0.6) is 11.5 Å². The minimum atomic E-state index is -0.00298. The summed E-state index contributed by atoms with van der Waals surface area (Å²) >= 11 is 0. The molecule has 0 bridgehead atoms. The number of hydrogen-bond donors (Lipinski definition) is 0. The summed E-state index contributed by atoms with van der Waals surface area (Å²) in [6.07, 6.45) is 3.52. The van der Waals surface area contributed by atoms with Crippen molar-refractivity contribution in [2.75, 3.05) is 27.3 Å². The third-order valence-corrected chi connectivity index (χ3v) is 3.56. The van der Waals surface area contributed by atoms with Crippen LogP contribution < -0.4 is 9.47 Å². The standard InChI is InChI=1S/C17H23NO4/c1-12-10-18(11-13(2)22-12)17(19)8-6-14-5-7-15(20-3)16(9-14)21-4/h5-9,12-13H,10-11H2,1-4H3/b8-6+. The van der Waals surface area contributed by atoms with E-state index in [4.69, 9.17) is 14.2 Å². The Morgan fingerprint density at radius 2 is 1.82 bits per heavy atom. The number of benzene rings is 1. The Morgan fingerprint density at radius 3 is 2.41 bits per heavy atom. The molecular weight excluding hydrogens is 282 g/mol. The summed E-state index contributed by atoms with van der Waals surface area (Å²) in [5.41, 5.74) is 0.889. The first-order valence-electron chi connectivity index (χ1n) is 7.38. The van der Waals surface area contributed by atoms with Gasteiger partial charge in [-0.2, -0.15) is 0 Å². The molecule has 0 aromatic heterocycles. The van der Waals surface area contributed by atoms with Crippen LogP contribution in [-0.2, 0) is 9.53 Å². The number of rotatable bonds is 4. The zero-order valence-corrected chi connectivity index (χ0v) is 13.5. The lowest BCUT2D eigenvalue weighted by atomic mass is 10.1. The van der Waals surface area contributed by atoms with E-state index in [1.165, 1.54) is 0 Å². The summed E-state index contributed by atoms with van der Waals surface area (Å²) in [5.74, 6) is 1.31. The SMILES string of the molecule is COc1ccc(/C=C/C(=O)N2CC(C)OC(C)C2)cc1OC. The molecule has 0 saturated carbocycles. The van der Waals surface area contributed by atoms with Gasteiger partial charge >= 0.3 is 0 Å². The van der Waals surface area contributed by atoms with Crippen LogP contribution in [0.25, 0.3) is 6.08 Å². The zero-order valence-electron chi connectivity index (χ0n) is 13.5. The Balaban J connectivity index is 2.06. The van der Waals surface area contributed by atoms with Crippen molar-refractivity contribution in [3.63, 3.8) is 0 Å². The molecule has 5 nitrogen and oxygen atoms in total. The number of carbonyl (C=O) groups excluding carboxylic acids is 1. The van der Waals surface area contributed by atoms with Gasteiger partial charge in [-0.15, -0.1) is 0 Å². The lowest BCUT2D eigenvalue weighted by Gasteiger charge is -2.34. The van der Waals surface area contributed by atoms with Gasteiger partial charge in [-0.05, 0) is 37.6 Å². The van der Waals surface area contributed by atoms with Crippen molar-refractivity contribution in [3.8, 4) is 11.5 Å². The van der Waals surface area contributed by atoms with Gasteiger partial charge in [0, 0.05) is 19.2 Å². The maximum absolute atomic E-state index is 12.3. The molecule has 1 aliphatic heterocycles. The van der Waals surface area contributed by atoms with Gasteiger partial charge in [0.05, 0.1) is 26.4 Å². The van der Waals surface area contributed by atoms with Crippen molar-refractivity contribution >= 4 is 12.0 Å². The highest BCUT2D eigenvalue weighted by Crippen LogP contribution is 2.28. The molecule has 1 aromatic rings. The maximum Gasteiger partial charge on any atom is 0.246 e. The average molecular weight is 305 g/mol. The van der Waals surface area contributed by atoms with Crippen LogP contribution in [0, 0.1) is 0 Å². The lowest BCUT2D eigenvalue weighted by molar-refractivity contribution is -0.137. The van der Waals surface area contributed by atoms with Crippen molar-refractivity contribution in [2.45, 2.75) is 26.1 Å². The average Bonchev–Trinajstić information content (AvgIpc) is 2.51. The number of morpholine rings is 1. The third kappa shape index (κ3) is 4.01. The molecule has 5 heteroatoms. The van der Waals surface area contributed by atoms with Gasteiger partial charge in [0.25, 0.3) is 0 Å². The van der Waals surface area contributed by atoms with Gasteiger partial charge in [-0.3, -0.25) is 4.79 Å². The molecule has 22 heavy (non-hydrogen) atoms. The van der Waals surface area contributed by atoms with Crippen LogP contribution in [-0.4, -0.2) is 50.3 Å². The van der Waals surface area contributed by atoms with E-state index in [-0.39, 0.29) is 18.1 Å². The van der Waals surface area contributed by atoms with Crippen molar-refractivity contribution in [1.29, 1.82) is 0 Å². The smallest absolute Gasteiger partial charge is 0.246 e. The topological polar surface area (TPSA) is 48.0 Å². The number of amides is 1. The Kier molecular flexibility index (Phi) is 5.44. The Morgan fingerprint density at radius 1 is 1.18 bits per heavy atom. The molecule has 1 fully saturated rings. The van der Waals surface area contributed by atoms with Crippen LogP contribution in [0.15, 0.2) is 24.3 Å². The number of methoxy groups -OCH3 is 2. The molecule has 2 atom stereocenters. The van der Waals surface area contributed by atoms with Crippen LogP contribution in [0.3, 0.4) is 0 Å². The fourth-order valence-electron chi connectivity index (χ4n) is 2.59. The van der Waals surface area contributed by atoms with Gasteiger partial charge in [-0.1, -0.05) is 6.07 Å². The molecule has 0 aliphatic carbocycles. The van der Waals surface area contributed by atoms with Crippen molar-refractivity contribution in [3.05, 3.63) is 29.8 Å². The summed E-state index contributed by atoms with van der Waals surface area (Å²) in [4.78, 5) is 14.1. The molecule has 120 valence electrons. The molecule has 0 radical (unpaired) electrons. The van der Waals surface area contributed by atoms with E-state index >= 15 is 0 Å². The molecule has 1 aromatic carbocycles. The van der Waals surface area contributed by atoms with E-state index in [1.807, 2.05) is 36.9 Å². The number of carbonyl (C=O) groups is 1. The van der Waals surface area contributed by atoms with Gasteiger partial charge in [-0.25, -0.2) is 0 Å². The molecular formula is C17H23NO4. The fraction of sp³-hybridized carbons (Fsp3) is 0.471. The lowest BCUT2D eigenvalue weighted by Crippen LogP contribution is -2.47. The van der Waals surface area contributed by atoms with Gasteiger partial charge < -0.3 is 19.1 Å². The van der Waals surface area contributed by atoms with E-state index in [1.54, 1.807) is 26.4 Å². The number of hydrogen-bond acceptors (Lipinski definition) is 4. The maximum atomic E-state index is 12.3. The molecule has 1 heterocycles. The zero-order chi connectivity index (χ0) is 16.1. The number of nitrogens with zero attached hydrogens (tertiary/aromatic N) is 1. The third-order valence-electron chi connectivity index (χ3n) is 3.56. The molecule has 0 spiro atoms. The van der Waals surface area contributed by atoms with Crippen molar-refractivity contribution < 1.29 is 19.0 Å². The van der Waals surface area contributed by atoms with Gasteiger partial charge in [0.15, 0.2) is 11.5 Å². The van der Waals surface area contributed by atoms with Crippen LogP contribution >= 0.6 is 0 Å². The minimum absolute atomic E-state index is 0.00298. The van der Waals surface area contributed by atoms with Crippen molar-refractivity contribution in [1.82, 2.24) is 4.90 Å². The summed E-state index contributed by atoms with van der Waals surface area (Å²) < 4.78 is 16.1. The monoisotopic (exact) mass is 305 g/mol. The van der Waals surface area contributed by atoms with Crippen LogP contribution in [0.4, 0.5) is 0 Å². The van der Waals surface area contributed by atoms with Gasteiger partial charge in [0.1, 0.15) is 0 Å². The summed E-state index contributed by atoms with van der Waals surface area (Å²) in [5, 5.41) is 0. The second-order valence-corrected chi connectivity index (χ2v) is 5.45. The molecule has 0 N–H and O–H groups in total. The van der Waals surface area contributed by atoms with E-state index in [0.29, 0.717) is 24.6 Å². The summed E-state index contributed by atoms with van der Waals surface area (Å²) in [6, 6.07) is 5.55. The highest BCUT2D eigenvalue weighted by Gasteiger charge is 2.24. The quantitative estimate of drug-likeness (QED) is 0.801. The van der Waals surface area contributed by atoms with Crippen molar-refractivity contribution in [2.24, 2.45) is 0 Å². The largest absolute Gasteiger partial charge is 0.493 e. The molecule has 1 aliphatic rings. The van der Waals surface area contributed by atoms with Crippen LogP contribution in [0.1, 0.15) is 19.4 Å².